The molecule has 0 atom stereocenters. The Bertz CT molecular complexity index is 97.4. The Morgan fingerprint density at radius 1 is 1.00 bits per heavy atom. The first-order valence-electron chi connectivity index (χ1n) is 4.95. The monoisotopic (exact) mass is 176 g/mol. The molecule has 0 heterocycles. The zero-order valence-corrected chi connectivity index (χ0v) is 10.1. The molecule has 0 nitrogen and oxygen atoms in total. The molecule has 0 unspecified atom stereocenters. The maximum atomic E-state index is 2.56. The molecule has 1 heteroatoms. The van der Waals surface area contributed by atoms with E-state index in [0.717, 1.165) is 11.3 Å². The third-order valence-electron chi connectivity index (χ3n) is 3.43. The Balaban J connectivity index is 4.26. The van der Waals surface area contributed by atoms with E-state index in [4.69, 9.17) is 0 Å². The van der Waals surface area contributed by atoms with E-state index in [1.54, 1.807) is 0 Å². The fourth-order valence-corrected chi connectivity index (χ4v) is 5.35. The van der Waals surface area contributed by atoms with Gasteiger partial charge in [0.2, 0.25) is 0 Å². The van der Waals surface area contributed by atoms with Crippen molar-refractivity contribution in [2.75, 3.05) is 12.8 Å². The van der Waals surface area contributed by atoms with E-state index in [2.05, 4.69) is 41.3 Å². The van der Waals surface area contributed by atoms with Crippen LogP contribution in [-0.2, 0) is 0 Å². The molecule has 0 bridgehead atoms. The van der Waals surface area contributed by atoms with Gasteiger partial charge in [-0.15, -0.1) is 0 Å². The quantitative estimate of drug-likeness (QED) is 0.574. The molecule has 0 fully saturated rings. The molecule has 0 amide bonds. The van der Waals surface area contributed by atoms with E-state index in [9.17, 15) is 0 Å². The summed E-state index contributed by atoms with van der Waals surface area (Å²) in [5.74, 6) is 0. The van der Waals surface area contributed by atoms with Gasteiger partial charge in [0.05, 0.1) is 0 Å². The second-order valence-corrected chi connectivity index (χ2v) is 10.4. The Hall–Kier alpha value is 0.430. The minimum absolute atomic E-state index is 0.904. The molecular formula is C10H25P. The number of hydrogen-bond acceptors (Lipinski definition) is 0. The molecule has 0 aliphatic heterocycles. The van der Waals surface area contributed by atoms with Gasteiger partial charge in [0.15, 0.2) is 0 Å². The van der Waals surface area contributed by atoms with Crippen LogP contribution in [0, 0.1) is 0 Å². The van der Waals surface area contributed by atoms with Crippen molar-refractivity contribution in [1.29, 1.82) is 0 Å². The predicted octanol–water partition coefficient (Wildman–Crippen LogP) is 3.59. The number of hydrogen-bond donors (Lipinski definition) is 0. The summed E-state index contributed by atoms with van der Waals surface area (Å²) in [4.78, 5) is 0. The van der Waals surface area contributed by atoms with Crippen molar-refractivity contribution in [2.45, 2.75) is 52.4 Å². The molecule has 0 saturated heterocycles. The van der Waals surface area contributed by atoms with Gasteiger partial charge in [-0.3, -0.25) is 0 Å². The molecule has 0 rings (SSSR count). The van der Waals surface area contributed by atoms with Crippen molar-refractivity contribution in [3.05, 3.63) is 0 Å². The second kappa shape index (κ2) is 4.45. The molecule has 0 aromatic rings. The van der Waals surface area contributed by atoms with Gasteiger partial charge in [-0.2, -0.15) is 0 Å². The van der Waals surface area contributed by atoms with Crippen LogP contribution in [0.25, 0.3) is 0 Å². The van der Waals surface area contributed by atoms with E-state index in [-0.39, 0.29) is 0 Å². The molecule has 0 aliphatic rings. The molecular weight excluding hydrogens is 151 g/mol. The van der Waals surface area contributed by atoms with Gasteiger partial charge in [-0.1, -0.05) is 0 Å². The molecule has 0 aliphatic carbocycles. The first-order chi connectivity index (χ1) is 4.95. The average molecular weight is 176 g/mol. The van der Waals surface area contributed by atoms with E-state index < -0.39 is 7.26 Å². The van der Waals surface area contributed by atoms with Gasteiger partial charge >= 0.3 is 72.4 Å². The summed E-state index contributed by atoms with van der Waals surface area (Å²) in [6.45, 7) is 14.5. The van der Waals surface area contributed by atoms with Gasteiger partial charge < -0.3 is 0 Å². The molecule has 0 saturated carbocycles. The maximum absolute atomic E-state index is 2.56. The van der Waals surface area contributed by atoms with Crippen molar-refractivity contribution in [2.24, 2.45) is 0 Å². The van der Waals surface area contributed by atoms with Gasteiger partial charge in [-0.05, 0) is 0 Å². The summed E-state index contributed by atoms with van der Waals surface area (Å²) in [5.41, 5.74) is 1.89. The summed E-state index contributed by atoms with van der Waals surface area (Å²) in [5, 5.41) is 0. The van der Waals surface area contributed by atoms with Crippen molar-refractivity contribution < 1.29 is 0 Å². The van der Waals surface area contributed by atoms with Crippen molar-refractivity contribution in [3.63, 3.8) is 0 Å². The molecule has 0 N–H and O–H groups in total. The van der Waals surface area contributed by atoms with Crippen LogP contribution in [0.4, 0.5) is 0 Å². The Morgan fingerprint density at radius 3 is 1.45 bits per heavy atom. The predicted molar refractivity (Wildman–Crippen MR) is 59.7 cm³/mol. The Morgan fingerprint density at radius 2 is 1.36 bits per heavy atom. The van der Waals surface area contributed by atoms with Crippen LogP contribution >= 0.6 is 7.26 Å². The normalized spacial score (nSPS) is 14.5. The van der Waals surface area contributed by atoms with Crippen LogP contribution in [0.5, 0.6) is 0 Å². The summed E-state index contributed by atoms with van der Waals surface area (Å²) >= 11 is 0. The van der Waals surface area contributed by atoms with Crippen molar-refractivity contribution >= 4 is 7.26 Å². The van der Waals surface area contributed by atoms with E-state index >= 15 is 0 Å². The van der Waals surface area contributed by atoms with Gasteiger partial charge in [0, 0.05) is 0 Å². The van der Waals surface area contributed by atoms with Gasteiger partial charge in [0.1, 0.15) is 0 Å². The molecule has 0 radical (unpaired) electrons. The Kier molecular flexibility index (Phi) is 4.63. The molecule has 0 spiro atoms. The minimum atomic E-state index is -0.904. The standard InChI is InChI=1S/C10H25P/c1-7-8-11(6,9(2)3)10(4)5/h9-11H,7-8H2,1-6H3. The van der Waals surface area contributed by atoms with E-state index in [1.807, 2.05) is 0 Å². The zero-order valence-electron chi connectivity index (χ0n) is 9.07. The first-order valence-corrected chi connectivity index (χ1v) is 7.81. The topological polar surface area (TPSA) is 0 Å². The zero-order chi connectivity index (χ0) is 9.07. The Labute approximate surface area is 73.1 Å². The first kappa shape index (κ1) is 11.4. The summed E-state index contributed by atoms with van der Waals surface area (Å²) in [6.07, 6.45) is 2.88. The van der Waals surface area contributed by atoms with Gasteiger partial charge in [-0.25, -0.2) is 0 Å². The second-order valence-electron chi connectivity index (χ2n) is 4.57. The molecule has 70 valence electrons. The summed E-state index contributed by atoms with van der Waals surface area (Å²) < 4.78 is 0. The molecule has 11 heavy (non-hydrogen) atoms. The van der Waals surface area contributed by atoms with Crippen LogP contribution in [0.2, 0.25) is 0 Å². The van der Waals surface area contributed by atoms with Crippen molar-refractivity contribution in [3.8, 4) is 0 Å². The fourth-order valence-electron chi connectivity index (χ4n) is 1.78. The fraction of sp³-hybridized carbons (Fsp3) is 1.00. The SMILES string of the molecule is CCC[PH](C)(C(C)C)C(C)C. The van der Waals surface area contributed by atoms with Crippen molar-refractivity contribution in [1.82, 2.24) is 0 Å². The van der Waals surface area contributed by atoms with Crippen LogP contribution < -0.4 is 0 Å². The van der Waals surface area contributed by atoms with Crippen LogP contribution in [0.3, 0.4) is 0 Å². The summed E-state index contributed by atoms with van der Waals surface area (Å²) in [7, 11) is -0.904. The van der Waals surface area contributed by atoms with Crippen LogP contribution in [0.15, 0.2) is 0 Å². The van der Waals surface area contributed by atoms with E-state index in [1.165, 1.54) is 12.6 Å². The number of rotatable bonds is 4. The van der Waals surface area contributed by atoms with Crippen LogP contribution in [-0.4, -0.2) is 24.1 Å². The molecule has 0 aromatic carbocycles. The molecule has 0 aromatic heterocycles. The van der Waals surface area contributed by atoms with Crippen LogP contribution in [0.1, 0.15) is 41.0 Å². The van der Waals surface area contributed by atoms with E-state index in [0.29, 0.717) is 0 Å². The average Bonchev–Trinajstić information content (AvgIpc) is 1.87. The third-order valence-corrected chi connectivity index (χ3v) is 10.3. The van der Waals surface area contributed by atoms with Gasteiger partial charge in [0.25, 0.3) is 0 Å². The third kappa shape index (κ3) is 2.75. The summed E-state index contributed by atoms with van der Waals surface area (Å²) in [6, 6.07) is 0.